The van der Waals surface area contributed by atoms with E-state index in [2.05, 4.69) is 0 Å². The van der Waals surface area contributed by atoms with E-state index in [1.807, 2.05) is 6.92 Å². The van der Waals surface area contributed by atoms with Crippen molar-refractivity contribution in [3.05, 3.63) is 56.7 Å². The Labute approximate surface area is 163 Å². The molecule has 5 rings (SSSR count). The van der Waals surface area contributed by atoms with Crippen molar-refractivity contribution in [2.45, 2.75) is 13.3 Å². The molecule has 0 aliphatic heterocycles. The zero-order chi connectivity index (χ0) is 20.3. The highest BCUT2D eigenvalue weighted by molar-refractivity contribution is 6.28. The van der Waals surface area contributed by atoms with Crippen LogP contribution < -0.4 is 16.0 Å². The molecule has 0 aliphatic rings. The van der Waals surface area contributed by atoms with Gasteiger partial charge in [0.15, 0.2) is 12.4 Å². The highest BCUT2D eigenvalue weighted by atomic mass is 16.7. The maximum absolute atomic E-state index is 12.8. The molecule has 5 aromatic rings. The van der Waals surface area contributed by atoms with Crippen molar-refractivity contribution >= 4 is 43.5 Å². The molecule has 0 spiro atoms. The largest absolute Gasteiger partial charge is 0.506 e. The summed E-state index contributed by atoms with van der Waals surface area (Å²) in [6.45, 7) is 1.90. The van der Waals surface area contributed by atoms with Gasteiger partial charge in [0.25, 0.3) is 0 Å². The van der Waals surface area contributed by atoms with Gasteiger partial charge in [0.1, 0.15) is 22.5 Å². The smallest absolute Gasteiger partial charge is 0.348 e. The SMILES string of the molecule is CCc1cc2oc(=O)c3c(O)c4cccc(OCOC)c4c4oc(=O)c(c1)c2c34. The average Bonchev–Trinajstić information content (AvgIpc) is 2.72. The zero-order valence-corrected chi connectivity index (χ0v) is 15.7. The average molecular weight is 392 g/mol. The summed E-state index contributed by atoms with van der Waals surface area (Å²) >= 11 is 0. The van der Waals surface area contributed by atoms with Crippen LogP contribution in [0.3, 0.4) is 0 Å². The Morgan fingerprint density at radius 2 is 1.79 bits per heavy atom. The van der Waals surface area contributed by atoms with Gasteiger partial charge >= 0.3 is 11.3 Å². The summed E-state index contributed by atoms with van der Waals surface area (Å²) in [4.78, 5) is 25.6. The van der Waals surface area contributed by atoms with Crippen molar-refractivity contribution in [2.75, 3.05) is 13.9 Å². The van der Waals surface area contributed by atoms with Crippen LogP contribution in [0.2, 0.25) is 0 Å². The van der Waals surface area contributed by atoms with Gasteiger partial charge < -0.3 is 23.4 Å². The van der Waals surface area contributed by atoms with E-state index >= 15 is 0 Å². The van der Waals surface area contributed by atoms with Gasteiger partial charge in [-0.2, -0.15) is 0 Å². The number of aryl methyl sites for hydroxylation is 1. The van der Waals surface area contributed by atoms with Crippen LogP contribution in [0.15, 0.2) is 48.8 Å². The minimum Gasteiger partial charge on any atom is -0.506 e. The first-order valence-electron chi connectivity index (χ1n) is 9.10. The maximum Gasteiger partial charge on any atom is 0.348 e. The molecule has 0 bridgehead atoms. The number of methoxy groups -OCH3 is 1. The van der Waals surface area contributed by atoms with E-state index in [1.54, 1.807) is 30.3 Å². The van der Waals surface area contributed by atoms with Crippen LogP contribution in [0.25, 0.3) is 43.5 Å². The van der Waals surface area contributed by atoms with E-state index < -0.39 is 11.3 Å². The normalized spacial score (nSPS) is 11.9. The number of aromatic hydroxyl groups is 1. The summed E-state index contributed by atoms with van der Waals surface area (Å²) in [5.41, 5.74) is 0.0301. The zero-order valence-electron chi connectivity index (χ0n) is 15.7. The molecular weight excluding hydrogens is 376 g/mol. The topological polar surface area (TPSA) is 99.1 Å². The number of benzene rings is 3. The van der Waals surface area contributed by atoms with Gasteiger partial charge in [-0.3, -0.25) is 0 Å². The molecule has 29 heavy (non-hydrogen) atoms. The number of fused-ring (bicyclic) bond motifs is 2. The predicted molar refractivity (Wildman–Crippen MR) is 108 cm³/mol. The maximum atomic E-state index is 12.8. The highest BCUT2D eigenvalue weighted by Crippen LogP contribution is 2.44. The van der Waals surface area contributed by atoms with Crippen LogP contribution in [-0.2, 0) is 11.2 Å². The lowest BCUT2D eigenvalue weighted by molar-refractivity contribution is 0.0522. The molecular formula is C22H16O7. The lowest BCUT2D eigenvalue weighted by atomic mass is 9.96. The van der Waals surface area contributed by atoms with Crippen LogP contribution in [0.5, 0.6) is 11.5 Å². The number of phenols is 1. The second-order valence-electron chi connectivity index (χ2n) is 6.81. The van der Waals surface area contributed by atoms with E-state index in [4.69, 9.17) is 18.3 Å². The van der Waals surface area contributed by atoms with Crippen molar-refractivity contribution in [3.63, 3.8) is 0 Å². The quantitative estimate of drug-likeness (QED) is 0.214. The molecule has 0 unspecified atom stereocenters. The number of phenolic OH excluding ortho intramolecular Hbond substituents is 1. The fourth-order valence-corrected chi connectivity index (χ4v) is 3.91. The molecule has 0 aliphatic carbocycles. The third kappa shape index (κ3) is 2.34. The molecule has 2 heterocycles. The van der Waals surface area contributed by atoms with E-state index in [0.29, 0.717) is 39.1 Å². The van der Waals surface area contributed by atoms with E-state index in [0.717, 1.165) is 5.56 Å². The van der Waals surface area contributed by atoms with Crippen molar-refractivity contribution in [2.24, 2.45) is 0 Å². The Balaban J connectivity index is 2.12. The van der Waals surface area contributed by atoms with Crippen LogP contribution in [0.1, 0.15) is 12.5 Å². The summed E-state index contributed by atoms with van der Waals surface area (Å²) in [5.74, 6) is 0.111. The second-order valence-corrected chi connectivity index (χ2v) is 6.81. The van der Waals surface area contributed by atoms with Crippen LogP contribution >= 0.6 is 0 Å². The third-order valence-electron chi connectivity index (χ3n) is 5.20. The third-order valence-corrected chi connectivity index (χ3v) is 5.20. The first-order chi connectivity index (χ1) is 14.0. The van der Waals surface area contributed by atoms with Crippen molar-refractivity contribution in [1.29, 1.82) is 0 Å². The molecule has 7 heteroatoms. The lowest BCUT2D eigenvalue weighted by Crippen LogP contribution is -2.08. The minimum atomic E-state index is -0.700. The van der Waals surface area contributed by atoms with Crippen LogP contribution in [-0.4, -0.2) is 19.0 Å². The standard InChI is InChI=1S/C22H16O7/c1-3-10-7-12-15-14(8-10)28-22(25)18-17(15)20(29-21(12)24)16-11(19(18)23)5-4-6-13(16)27-9-26-2/h4-8,23H,3,9H2,1-2H3. The van der Waals surface area contributed by atoms with Gasteiger partial charge in [-0.1, -0.05) is 19.1 Å². The molecule has 2 aromatic heterocycles. The fraction of sp³-hybridized carbons (Fsp3) is 0.182. The Hall–Kier alpha value is -3.58. The van der Waals surface area contributed by atoms with E-state index in [1.165, 1.54) is 7.11 Å². The molecule has 7 nitrogen and oxygen atoms in total. The lowest BCUT2D eigenvalue weighted by Gasteiger charge is -2.15. The first-order valence-corrected chi connectivity index (χ1v) is 9.10. The summed E-state index contributed by atoms with van der Waals surface area (Å²) in [5, 5.41) is 12.7. The molecule has 0 saturated heterocycles. The molecule has 146 valence electrons. The van der Waals surface area contributed by atoms with Crippen molar-refractivity contribution < 1.29 is 23.4 Å². The van der Waals surface area contributed by atoms with Crippen molar-refractivity contribution in [1.82, 2.24) is 0 Å². The van der Waals surface area contributed by atoms with Gasteiger partial charge in [0.2, 0.25) is 0 Å². The molecule has 0 atom stereocenters. The summed E-state index contributed by atoms with van der Waals surface area (Å²) in [7, 11) is 1.48. The van der Waals surface area contributed by atoms with E-state index in [-0.39, 0.29) is 29.1 Å². The number of ether oxygens (including phenoxy) is 2. The monoisotopic (exact) mass is 392 g/mol. The molecule has 0 amide bonds. The van der Waals surface area contributed by atoms with Crippen LogP contribution in [0.4, 0.5) is 0 Å². The Morgan fingerprint density at radius 1 is 0.966 bits per heavy atom. The molecule has 3 aromatic carbocycles. The van der Waals surface area contributed by atoms with Gasteiger partial charge in [-0.05, 0) is 30.2 Å². The summed E-state index contributed by atoms with van der Waals surface area (Å²) in [6.07, 6.45) is 0.656. The second kappa shape index (κ2) is 6.22. The number of rotatable bonds is 4. The van der Waals surface area contributed by atoms with Gasteiger partial charge in [-0.15, -0.1) is 0 Å². The van der Waals surface area contributed by atoms with E-state index in [9.17, 15) is 14.7 Å². The van der Waals surface area contributed by atoms with Crippen molar-refractivity contribution in [3.8, 4) is 11.5 Å². The van der Waals surface area contributed by atoms with Gasteiger partial charge in [0.05, 0.1) is 10.8 Å². The summed E-state index contributed by atoms with van der Waals surface area (Å²) < 4.78 is 21.8. The highest BCUT2D eigenvalue weighted by Gasteiger charge is 2.25. The van der Waals surface area contributed by atoms with Gasteiger partial charge in [-0.25, -0.2) is 9.59 Å². The molecule has 1 N–H and O–H groups in total. The first kappa shape index (κ1) is 17.5. The molecule has 0 fully saturated rings. The summed E-state index contributed by atoms with van der Waals surface area (Å²) in [6, 6.07) is 8.42. The molecule has 0 saturated carbocycles. The molecule has 0 radical (unpaired) electrons. The number of hydrogen-bond acceptors (Lipinski definition) is 7. The Kier molecular flexibility index (Phi) is 3.75. The number of hydrogen-bond donors (Lipinski definition) is 1. The fourth-order valence-electron chi connectivity index (χ4n) is 3.91. The van der Waals surface area contributed by atoms with Crippen LogP contribution in [0, 0.1) is 0 Å². The minimum absolute atomic E-state index is 0.0260. The Morgan fingerprint density at radius 3 is 2.55 bits per heavy atom. The predicted octanol–water partition coefficient (Wildman–Crippen LogP) is 3.89. The van der Waals surface area contributed by atoms with Gasteiger partial charge in [0, 0.05) is 23.3 Å². The Bertz CT molecular complexity index is 1520.